The van der Waals surface area contributed by atoms with Crippen molar-refractivity contribution in [2.45, 2.75) is 36.5 Å². The molecule has 1 saturated heterocycles. The van der Waals surface area contributed by atoms with Crippen LogP contribution in [0, 0.1) is 6.92 Å². The van der Waals surface area contributed by atoms with E-state index in [-0.39, 0.29) is 0 Å². The van der Waals surface area contributed by atoms with Crippen LogP contribution in [0.3, 0.4) is 0 Å². The van der Waals surface area contributed by atoms with Crippen LogP contribution in [0.2, 0.25) is 0 Å². The van der Waals surface area contributed by atoms with Gasteiger partial charge in [0.05, 0.1) is 0 Å². The van der Waals surface area contributed by atoms with Crippen LogP contribution in [-0.2, 0) is 0 Å². The second kappa shape index (κ2) is 6.25. The topological polar surface area (TPSA) is 95.5 Å². The smallest absolute Gasteiger partial charge is 0.231 e. The van der Waals surface area contributed by atoms with Gasteiger partial charge in [-0.1, -0.05) is 0 Å². The molecule has 112 valence electrons. The maximum absolute atomic E-state index is 4.54. The molecule has 0 amide bonds. The number of hydrogen-bond donors (Lipinski definition) is 2. The summed E-state index contributed by atoms with van der Waals surface area (Å²) in [5, 5.41) is 11.1. The highest BCUT2D eigenvalue weighted by molar-refractivity contribution is 7.99. The molecular weight excluding hydrogens is 288 g/mol. The van der Waals surface area contributed by atoms with E-state index < -0.39 is 0 Å². The van der Waals surface area contributed by atoms with Crippen LogP contribution in [-0.4, -0.2) is 50.3 Å². The van der Waals surface area contributed by atoms with Crippen molar-refractivity contribution in [3.8, 4) is 0 Å². The quantitative estimate of drug-likeness (QED) is 0.877. The first kappa shape index (κ1) is 14.1. The van der Waals surface area contributed by atoms with Crippen LogP contribution in [0.15, 0.2) is 10.3 Å². The summed E-state index contributed by atoms with van der Waals surface area (Å²) in [5.74, 6) is 2.07. The van der Waals surface area contributed by atoms with Gasteiger partial charge >= 0.3 is 0 Å². The predicted octanol–water partition coefficient (Wildman–Crippen LogP) is 1.48. The van der Waals surface area contributed by atoms with Gasteiger partial charge in [-0.25, -0.2) is 4.98 Å². The first-order valence-corrected chi connectivity index (χ1v) is 7.82. The number of aromatic nitrogens is 6. The number of piperidine rings is 1. The van der Waals surface area contributed by atoms with E-state index in [0.717, 1.165) is 24.9 Å². The van der Waals surface area contributed by atoms with Crippen LogP contribution >= 0.6 is 11.8 Å². The highest BCUT2D eigenvalue weighted by atomic mass is 32.2. The van der Waals surface area contributed by atoms with E-state index in [2.05, 4.69) is 40.3 Å². The highest BCUT2D eigenvalue weighted by Gasteiger charge is 2.17. The Morgan fingerprint density at radius 3 is 2.52 bits per heavy atom. The van der Waals surface area contributed by atoms with E-state index in [9.17, 15) is 0 Å². The third kappa shape index (κ3) is 3.41. The molecule has 0 spiro atoms. The third-order valence-electron chi connectivity index (χ3n) is 3.22. The van der Waals surface area contributed by atoms with E-state index in [0.29, 0.717) is 16.3 Å². The number of aryl methyl sites for hydroxylation is 1. The first-order chi connectivity index (χ1) is 10.2. The van der Waals surface area contributed by atoms with Crippen LogP contribution < -0.4 is 10.2 Å². The van der Waals surface area contributed by atoms with Crippen molar-refractivity contribution in [1.82, 2.24) is 30.1 Å². The highest BCUT2D eigenvalue weighted by Crippen LogP contribution is 2.24. The molecule has 0 bridgehead atoms. The van der Waals surface area contributed by atoms with Gasteiger partial charge in [0, 0.05) is 20.1 Å². The van der Waals surface area contributed by atoms with Crippen molar-refractivity contribution in [2.24, 2.45) is 0 Å². The number of anilines is 2. The van der Waals surface area contributed by atoms with E-state index in [1.807, 2.05) is 6.92 Å². The zero-order chi connectivity index (χ0) is 14.7. The van der Waals surface area contributed by atoms with Crippen LogP contribution in [0.25, 0.3) is 0 Å². The molecule has 9 heteroatoms. The lowest BCUT2D eigenvalue weighted by atomic mass is 10.1. The van der Waals surface area contributed by atoms with Gasteiger partial charge in [-0.3, -0.25) is 5.10 Å². The lowest BCUT2D eigenvalue weighted by Gasteiger charge is -2.26. The minimum absolute atomic E-state index is 0.570. The van der Waals surface area contributed by atoms with Gasteiger partial charge in [0.25, 0.3) is 0 Å². The zero-order valence-corrected chi connectivity index (χ0v) is 12.9. The molecule has 3 rings (SSSR count). The maximum atomic E-state index is 4.54. The Balaban J connectivity index is 1.85. The van der Waals surface area contributed by atoms with Gasteiger partial charge in [0.1, 0.15) is 5.82 Å². The second-order valence-electron chi connectivity index (χ2n) is 4.84. The van der Waals surface area contributed by atoms with Gasteiger partial charge in [0.15, 0.2) is 0 Å². The van der Waals surface area contributed by atoms with Gasteiger partial charge in [-0.15, -0.1) is 5.10 Å². The standard InChI is InChI=1S/C12H18N8S/c1-8-14-12(19-18-8)21-11-16-9(13-2)15-10(17-11)20-6-4-3-5-7-20/h3-7H2,1-2H3,(H,14,18,19)(H,13,15,16,17). The minimum Gasteiger partial charge on any atom is -0.357 e. The van der Waals surface area contributed by atoms with Crippen LogP contribution in [0.4, 0.5) is 11.9 Å². The molecule has 0 aliphatic carbocycles. The maximum Gasteiger partial charge on any atom is 0.231 e. The number of nitrogens with zero attached hydrogens (tertiary/aromatic N) is 6. The van der Waals surface area contributed by atoms with Crippen molar-refractivity contribution in [2.75, 3.05) is 30.4 Å². The Kier molecular flexibility index (Phi) is 4.18. The molecule has 0 saturated carbocycles. The molecule has 0 radical (unpaired) electrons. The van der Waals surface area contributed by atoms with Crippen molar-refractivity contribution in [3.63, 3.8) is 0 Å². The molecular formula is C12H18N8S. The minimum atomic E-state index is 0.570. The average Bonchev–Trinajstić information content (AvgIpc) is 2.93. The van der Waals surface area contributed by atoms with E-state index in [1.54, 1.807) is 7.05 Å². The number of hydrogen-bond acceptors (Lipinski definition) is 8. The largest absolute Gasteiger partial charge is 0.357 e. The first-order valence-electron chi connectivity index (χ1n) is 7.00. The van der Waals surface area contributed by atoms with Gasteiger partial charge in [-0.05, 0) is 37.9 Å². The molecule has 2 aromatic heterocycles. The van der Waals surface area contributed by atoms with Crippen LogP contribution in [0.1, 0.15) is 25.1 Å². The fraction of sp³-hybridized carbons (Fsp3) is 0.583. The van der Waals surface area contributed by atoms with Crippen molar-refractivity contribution >= 4 is 23.7 Å². The number of H-pyrrole nitrogens is 1. The summed E-state index contributed by atoms with van der Waals surface area (Å²) in [5.41, 5.74) is 0. The third-order valence-corrected chi connectivity index (χ3v) is 3.96. The number of rotatable bonds is 4. The molecule has 2 N–H and O–H groups in total. The summed E-state index contributed by atoms with van der Waals surface area (Å²) in [6, 6.07) is 0. The Bertz CT molecular complexity index is 607. The van der Waals surface area contributed by atoms with E-state index in [1.165, 1.54) is 31.0 Å². The summed E-state index contributed by atoms with van der Waals surface area (Å²) in [7, 11) is 1.81. The van der Waals surface area contributed by atoms with Crippen molar-refractivity contribution in [3.05, 3.63) is 5.82 Å². The molecule has 2 aromatic rings. The van der Waals surface area contributed by atoms with Crippen molar-refractivity contribution in [1.29, 1.82) is 0 Å². The normalized spacial score (nSPS) is 15.2. The van der Waals surface area contributed by atoms with E-state index >= 15 is 0 Å². The molecule has 21 heavy (non-hydrogen) atoms. The number of aromatic amines is 1. The SMILES string of the molecule is CNc1nc(Sc2n[nH]c(C)n2)nc(N2CCCCC2)n1. The zero-order valence-electron chi connectivity index (χ0n) is 12.1. The predicted molar refractivity (Wildman–Crippen MR) is 80.7 cm³/mol. The molecule has 0 atom stereocenters. The molecule has 3 heterocycles. The van der Waals surface area contributed by atoms with Gasteiger partial charge in [0.2, 0.25) is 22.2 Å². The average molecular weight is 306 g/mol. The van der Waals surface area contributed by atoms with Crippen molar-refractivity contribution < 1.29 is 0 Å². The lowest BCUT2D eigenvalue weighted by Crippen LogP contribution is -2.31. The van der Waals surface area contributed by atoms with Gasteiger partial charge < -0.3 is 10.2 Å². The lowest BCUT2D eigenvalue weighted by molar-refractivity contribution is 0.565. The Morgan fingerprint density at radius 1 is 1.05 bits per heavy atom. The molecule has 1 fully saturated rings. The molecule has 0 aromatic carbocycles. The summed E-state index contributed by atoms with van der Waals surface area (Å²) in [4.78, 5) is 19.8. The fourth-order valence-corrected chi connectivity index (χ4v) is 2.88. The Labute approximate surface area is 127 Å². The molecule has 0 unspecified atom stereocenters. The summed E-state index contributed by atoms with van der Waals surface area (Å²) < 4.78 is 0. The molecule has 8 nitrogen and oxygen atoms in total. The summed E-state index contributed by atoms with van der Waals surface area (Å²) >= 11 is 1.33. The van der Waals surface area contributed by atoms with Crippen LogP contribution in [0.5, 0.6) is 0 Å². The Morgan fingerprint density at radius 2 is 1.86 bits per heavy atom. The van der Waals surface area contributed by atoms with Gasteiger partial charge in [-0.2, -0.15) is 15.0 Å². The summed E-state index contributed by atoms with van der Waals surface area (Å²) in [6.45, 7) is 3.86. The summed E-state index contributed by atoms with van der Waals surface area (Å²) in [6.07, 6.45) is 3.64. The Hall–Kier alpha value is -1.90. The fourth-order valence-electron chi connectivity index (χ4n) is 2.19. The monoisotopic (exact) mass is 306 g/mol. The van der Waals surface area contributed by atoms with E-state index in [4.69, 9.17) is 0 Å². The second-order valence-corrected chi connectivity index (χ2v) is 5.78. The molecule has 1 aliphatic rings. The number of nitrogens with one attached hydrogen (secondary N) is 2. The molecule has 1 aliphatic heterocycles.